The molecule has 0 rings (SSSR count). The summed E-state index contributed by atoms with van der Waals surface area (Å²) in [5.74, 6) is -0.352. The van der Waals surface area contributed by atoms with Gasteiger partial charge in [-0.2, -0.15) is 0 Å². The Bertz CT molecular complexity index is 850. The van der Waals surface area contributed by atoms with Crippen molar-refractivity contribution in [2.45, 2.75) is 296 Å². The molecule has 2 N–H and O–H groups in total. The van der Waals surface area contributed by atoms with E-state index in [1.54, 1.807) is 0 Å². The van der Waals surface area contributed by atoms with E-state index in [0.29, 0.717) is 13.0 Å². The molecule has 0 heterocycles. The molecular weight excluding hydrogens is 744 g/mol. The Kier molecular flexibility index (Phi) is 47.2. The van der Waals surface area contributed by atoms with E-state index in [1.807, 2.05) is 0 Å². The van der Waals surface area contributed by atoms with Gasteiger partial charge in [-0.1, -0.05) is 271 Å². The average Bonchev–Trinajstić information content (AvgIpc) is 3.20. The average molecular weight is 845 g/mol. The van der Waals surface area contributed by atoms with E-state index in [1.165, 1.54) is 238 Å². The van der Waals surface area contributed by atoms with Crippen molar-refractivity contribution in [1.82, 2.24) is 0 Å². The molecule has 0 aliphatic carbocycles. The Morgan fingerprint density at radius 2 is 0.655 bits per heavy atom. The predicted molar refractivity (Wildman–Crippen MR) is 249 cm³/mol. The third-order valence-electron chi connectivity index (χ3n) is 11.9. The van der Waals surface area contributed by atoms with Crippen LogP contribution in [0.2, 0.25) is 0 Å². The normalized spacial score (nSPS) is 12.4. The van der Waals surface area contributed by atoms with Crippen molar-refractivity contribution in [3.8, 4) is 0 Å². The van der Waals surface area contributed by atoms with E-state index in [-0.39, 0.29) is 19.2 Å². The molecule has 0 aromatic carbocycles. The summed E-state index contributed by atoms with van der Waals surface area (Å²) in [7, 11) is -4.65. The topological polar surface area (TPSA) is 102 Å². The number of phosphoric acid groups is 1. The van der Waals surface area contributed by atoms with Crippen molar-refractivity contribution in [2.24, 2.45) is 0 Å². The third-order valence-corrected chi connectivity index (χ3v) is 12.4. The first-order chi connectivity index (χ1) is 28.4. The molecule has 0 amide bonds. The summed E-state index contributed by atoms with van der Waals surface area (Å²) in [6, 6.07) is 0. The minimum absolute atomic E-state index is 0.0874. The lowest BCUT2D eigenvalue weighted by Crippen LogP contribution is -2.28. The molecule has 0 aliphatic rings. The van der Waals surface area contributed by atoms with Crippen molar-refractivity contribution in [3.05, 3.63) is 0 Å². The zero-order valence-electron chi connectivity index (χ0n) is 39.0. The zero-order valence-corrected chi connectivity index (χ0v) is 39.9. The van der Waals surface area contributed by atoms with Crippen LogP contribution in [0.5, 0.6) is 0 Å². The highest BCUT2D eigenvalue weighted by molar-refractivity contribution is 7.46. The number of carbonyl (C=O) groups is 1. The molecule has 58 heavy (non-hydrogen) atoms. The van der Waals surface area contributed by atoms with Crippen LogP contribution in [-0.2, 0) is 23.4 Å². The van der Waals surface area contributed by atoms with Crippen molar-refractivity contribution < 1.29 is 33.1 Å². The number of hydrogen-bond donors (Lipinski definition) is 2. The second kappa shape index (κ2) is 47.6. The molecule has 0 saturated carbocycles. The molecule has 0 radical (unpaired) electrons. The van der Waals surface area contributed by atoms with E-state index in [9.17, 15) is 9.36 Å². The van der Waals surface area contributed by atoms with E-state index in [2.05, 4.69) is 18.4 Å². The second-order valence-electron chi connectivity index (χ2n) is 17.9. The minimum atomic E-state index is -4.65. The Balaban J connectivity index is 3.64. The standard InChI is InChI=1S/C50H101O7P/c1-3-5-7-9-11-13-15-17-19-21-23-24-25-26-27-28-29-31-33-35-37-39-41-43-45-50(51)57-49(48-56-58(52,53)54)47-55-46-44-42-40-38-36-34-32-30-22-20-18-16-14-12-10-8-6-4-2/h49H,3-48H2,1-2H3,(H2,52,53,54)/t49-/m1/s1. The molecule has 348 valence electrons. The number of phosphoric ester groups is 1. The van der Waals surface area contributed by atoms with Crippen LogP contribution >= 0.6 is 7.82 Å². The van der Waals surface area contributed by atoms with Crippen LogP contribution in [0.25, 0.3) is 0 Å². The van der Waals surface area contributed by atoms with Crippen LogP contribution < -0.4 is 0 Å². The molecule has 7 nitrogen and oxygen atoms in total. The summed E-state index contributed by atoms with van der Waals surface area (Å²) < 4.78 is 27.2. The number of carbonyl (C=O) groups excluding carboxylic acids is 1. The molecule has 0 aromatic rings. The summed E-state index contributed by atoms with van der Waals surface area (Å²) in [6.45, 7) is 4.83. The Morgan fingerprint density at radius 3 is 0.931 bits per heavy atom. The van der Waals surface area contributed by atoms with Gasteiger partial charge in [-0.25, -0.2) is 4.57 Å². The minimum Gasteiger partial charge on any atom is -0.457 e. The number of ether oxygens (including phenoxy) is 2. The maximum Gasteiger partial charge on any atom is 0.469 e. The van der Waals surface area contributed by atoms with Gasteiger partial charge in [0.15, 0.2) is 0 Å². The molecule has 0 unspecified atom stereocenters. The fraction of sp³-hybridized carbons (Fsp3) is 0.980. The lowest BCUT2D eigenvalue weighted by molar-refractivity contribution is -0.154. The monoisotopic (exact) mass is 845 g/mol. The van der Waals surface area contributed by atoms with E-state index >= 15 is 0 Å². The summed E-state index contributed by atoms with van der Waals surface area (Å²) in [6.07, 6.45) is 55.5. The van der Waals surface area contributed by atoms with E-state index in [0.717, 1.165) is 32.1 Å². The Labute approximate surface area is 361 Å². The Morgan fingerprint density at radius 1 is 0.397 bits per heavy atom. The first-order valence-electron chi connectivity index (χ1n) is 25.9. The fourth-order valence-corrected chi connectivity index (χ4v) is 8.45. The lowest BCUT2D eigenvalue weighted by Gasteiger charge is -2.18. The highest BCUT2D eigenvalue weighted by atomic mass is 31.2. The van der Waals surface area contributed by atoms with Crippen LogP contribution in [-0.4, -0.2) is 41.7 Å². The van der Waals surface area contributed by atoms with Crippen LogP contribution in [0.15, 0.2) is 0 Å². The van der Waals surface area contributed by atoms with Crippen molar-refractivity contribution in [2.75, 3.05) is 19.8 Å². The number of esters is 1. The zero-order chi connectivity index (χ0) is 42.3. The maximum atomic E-state index is 12.5. The SMILES string of the molecule is CCCCCCCCCCCCCCCCCCCCCCCCCCC(=O)O[C@H](COCCCCCCCCCCCCCCCCCCCC)COP(=O)(O)O. The van der Waals surface area contributed by atoms with Gasteiger partial charge >= 0.3 is 13.8 Å². The summed E-state index contributed by atoms with van der Waals surface area (Å²) in [4.78, 5) is 30.8. The molecule has 0 bridgehead atoms. The molecular formula is C50H101O7P. The molecule has 1 atom stereocenters. The molecule has 0 saturated heterocycles. The van der Waals surface area contributed by atoms with Gasteiger partial charge in [0.1, 0.15) is 6.10 Å². The predicted octanol–water partition coefficient (Wildman–Crippen LogP) is 16.8. The summed E-state index contributed by atoms with van der Waals surface area (Å²) in [5, 5.41) is 0. The fourth-order valence-electron chi connectivity index (χ4n) is 8.09. The van der Waals surface area contributed by atoms with Gasteiger partial charge in [-0.15, -0.1) is 0 Å². The van der Waals surface area contributed by atoms with Gasteiger partial charge in [0.05, 0.1) is 13.2 Å². The quantitative estimate of drug-likeness (QED) is 0.0357. The molecule has 0 fully saturated rings. The molecule has 0 aromatic heterocycles. The van der Waals surface area contributed by atoms with Gasteiger partial charge < -0.3 is 19.3 Å². The van der Waals surface area contributed by atoms with Gasteiger partial charge in [-0.05, 0) is 12.8 Å². The maximum absolute atomic E-state index is 12.5. The van der Waals surface area contributed by atoms with Crippen molar-refractivity contribution >= 4 is 13.8 Å². The van der Waals surface area contributed by atoms with Crippen LogP contribution in [0, 0.1) is 0 Å². The lowest BCUT2D eigenvalue weighted by atomic mass is 10.0. The first-order valence-corrected chi connectivity index (χ1v) is 27.4. The van der Waals surface area contributed by atoms with Crippen LogP contribution in [0.3, 0.4) is 0 Å². The smallest absolute Gasteiger partial charge is 0.457 e. The first kappa shape index (κ1) is 57.5. The van der Waals surface area contributed by atoms with Crippen LogP contribution in [0.1, 0.15) is 290 Å². The third kappa shape index (κ3) is 49.9. The largest absolute Gasteiger partial charge is 0.469 e. The number of unbranched alkanes of at least 4 members (excludes halogenated alkanes) is 40. The summed E-state index contributed by atoms with van der Waals surface area (Å²) in [5.41, 5.74) is 0. The number of hydrogen-bond acceptors (Lipinski definition) is 5. The summed E-state index contributed by atoms with van der Waals surface area (Å²) >= 11 is 0. The molecule has 0 aliphatic heterocycles. The highest BCUT2D eigenvalue weighted by Crippen LogP contribution is 2.36. The van der Waals surface area contributed by atoms with E-state index in [4.69, 9.17) is 19.3 Å². The van der Waals surface area contributed by atoms with Crippen molar-refractivity contribution in [3.63, 3.8) is 0 Å². The number of rotatable bonds is 50. The van der Waals surface area contributed by atoms with E-state index < -0.39 is 13.9 Å². The van der Waals surface area contributed by atoms with Gasteiger partial charge in [0.25, 0.3) is 0 Å². The highest BCUT2D eigenvalue weighted by Gasteiger charge is 2.21. The second-order valence-corrected chi connectivity index (χ2v) is 19.1. The van der Waals surface area contributed by atoms with Crippen molar-refractivity contribution in [1.29, 1.82) is 0 Å². The molecule has 0 spiro atoms. The van der Waals surface area contributed by atoms with Gasteiger partial charge in [0, 0.05) is 13.0 Å². The molecule has 8 heteroatoms. The van der Waals surface area contributed by atoms with Gasteiger partial charge in [-0.3, -0.25) is 9.32 Å². The van der Waals surface area contributed by atoms with Gasteiger partial charge in [0.2, 0.25) is 0 Å². The van der Waals surface area contributed by atoms with Crippen LogP contribution in [0.4, 0.5) is 0 Å². The Hall–Kier alpha value is -0.460.